The van der Waals surface area contributed by atoms with E-state index in [9.17, 15) is 29.3 Å². The summed E-state index contributed by atoms with van der Waals surface area (Å²) in [6.07, 6.45) is -4.81. The number of nitrogens with zero attached hydrogens (tertiary/aromatic N) is 1. The fourth-order valence-electron chi connectivity index (χ4n) is 3.06. The Balaban J connectivity index is 2.43. The number of benzene rings is 1. The van der Waals surface area contributed by atoms with Gasteiger partial charge in [0.1, 0.15) is 18.1 Å². The van der Waals surface area contributed by atoms with Gasteiger partial charge in [-0.1, -0.05) is 11.8 Å². The molecule has 0 aromatic heterocycles. The number of nitro benzene ring substituents is 1. The molecule has 1 aliphatic heterocycles. The molecule has 33 heavy (non-hydrogen) atoms. The van der Waals surface area contributed by atoms with E-state index in [1.165, 1.54) is 31.2 Å². The molecule has 0 saturated carbocycles. The molecule has 1 aromatic rings. The van der Waals surface area contributed by atoms with E-state index in [2.05, 4.69) is 0 Å². The van der Waals surface area contributed by atoms with Crippen LogP contribution >= 0.6 is 11.8 Å². The molecule has 12 nitrogen and oxygen atoms in total. The highest BCUT2D eigenvalue weighted by Gasteiger charge is 2.52. The van der Waals surface area contributed by atoms with Crippen LogP contribution in [0.1, 0.15) is 27.7 Å². The summed E-state index contributed by atoms with van der Waals surface area (Å²) >= 11 is 1.03. The van der Waals surface area contributed by atoms with Crippen molar-refractivity contribution in [2.75, 3.05) is 6.61 Å². The first kappa shape index (κ1) is 26.1. The quantitative estimate of drug-likeness (QED) is 0.228. The largest absolute Gasteiger partial charge is 0.463 e. The van der Waals surface area contributed by atoms with Crippen LogP contribution in [0.3, 0.4) is 0 Å². The maximum absolute atomic E-state index is 11.8. The second-order valence-electron chi connectivity index (χ2n) is 6.94. The van der Waals surface area contributed by atoms with Crippen LogP contribution in [0.25, 0.3) is 0 Å². The summed E-state index contributed by atoms with van der Waals surface area (Å²) in [4.78, 5) is 57.5. The van der Waals surface area contributed by atoms with Crippen LogP contribution in [0.2, 0.25) is 0 Å². The topological polar surface area (TPSA) is 158 Å². The Kier molecular flexibility index (Phi) is 9.17. The minimum Gasteiger partial charge on any atom is -0.463 e. The molecule has 2 rings (SSSR count). The lowest BCUT2D eigenvalue weighted by Gasteiger charge is -2.44. The molecule has 180 valence electrons. The monoisotopic (exact) mass is 485 g/mol. The maximum atomic E-state index is 11.8. The Morgan fingerprint density at radius 2 is 1.39 bits per heavy atom. The van der Waals surface area contributed by atoms with Gasteiger partial charge in [0.2, 0.25) is 0 Å². The Bertz CT molecular complexity index is 904. The van der Waals surface area contributed by atoms with Crippen LogP contribution in [0.15, 0.2) is 29.2 Å². The van der Waals surface area contributed by atoms with Gasteiger partial charge in [-0.05, 0) is 12.1 Å². The lowest BCUT2D eigenvalue weighted by Crippen LogP contribution is -2.61. The van der Waals surface area contributed by atoms with E-state index in [4.69, 9.17) is 23.7 Å². The standard InChI is InChI=1S/C20H23NO11S/c1-10(22)28-9-16-17(29-11(2)23)18(30-12(3)24)19(31-13(4)25)20(32-16)33-15-7-5-14(6-8-15)21(26)27/h5-8,16-20H,9H2,1-4H3/t16-,17+,18-,19-,20-/m0/s1. The predicted octanol–water partition coefficient (Wildman–Crippen LogP) is 1.77. The van der Waals surface area contributed by atoms with Crippen LogP contribution in [0.5, 0.6) is 0 Å². The van der Waals surface area contributed by atoms with Crippen LogP contribution in [0.4, 0.5) is 5.69 Å². The number of carbonyl (C=O) groups excluding carboxylic acids is 4. The average molecular weight is 485 g/mol. The summed E-state index contributed by atoms with van der Waals surface area (Å²) < 4.78 is 27.0. The van der Waals surface area contributed by atoms with Crippen LogP contribution < -0.4 is 0 Å². The Labute approximate surface area is 193 Å². The van der Waals surface area contributed by atoms with E-state index in [-0.39, 0.29) is 12.3 Å². The van der Waals surface area contributed by atoms with E-state index < -0.39 is 58.7 Å². The number of non-ortho nitro benzene ring substituents is 1. The summed E-state index contributed by atoms with van der Waals surface area (Å²) in [5.41, 5.74) is -1.13. The van der Waals surface area contributed by atoms with Gasteiger partial charge in [-0.15, -0.1) is 0 Å². The molecule has 1 aromatic carbocycles. The van der Waals surface area contributed by atoms with Crippen LogP contribution in [0, 0.1) is 10.1 Å². The number of thioether (sulfide) groups is 1. The number of hydrogen-bond acceptors (Lipinski definition) is 12. The fourth-order valence-corrected chi connectivity index (χ4v) is 4.17. The zero-order valence-corrected chi connectivity index (χ0v) is 19.1. The van der Waals surface area contributed by atoms with Crippen molar-refractivity contribution in [3.8, 4) is 0 Å². The third-order valence-corrected chi connectivity index (χ3v) is 5.40. The third kappa shape index (κ3) is 7.71. The van der Waals surface area contributed by atoms with Gasteiger partial charge in [0.15, 0.2) is 18.3 Å². The van der Waals surface area contributed by atoms with Crippen molar-refractivity contribution in [3.05, 3.63) is 34.4 Å². The van der Waals surface area contributed by atoms with Crippen molar-refractivity contribution in [3.63, 3.8) is 0 Å². The minimum absolute atomic E-state index is 0.124. The van der Waals surface area contributed by atoms with Crippen LogP contribution in [-0.4, -0.2) is 65.3 Å². The Morgan fingerprint density at radius 1 is 0.879 bits per heavy atom. The first-order chi connectivity index (χ1) is 15.5. The molecule has 0 radical (unpaired) electrons. The molecular weight excluding hydrogens is 462 g/mol. The van der Waals surface area contributed by atoms with Crippen molar-refractivity contribution in [2.24, 2.45) is 0 Å². The minimum atomic E-state index is -1.28. The lowest BCUT2D eigenvalue weighted by molar-refractivity contribution is -0.384. The molecule has 1 aliphatic rings. The van der Waals surface area contributed by atoms with Crippen molar-refractivity contribution in [2.45, 2.75) is 62.4 Å². The second-order valence-corrected chi connectivity index (χ2v) is 8.11. The van der Waals surface area contributed by atoms with E-state index >= 15 is 0 Å². The number of carbonyl (C=O) groups is 4. The summed E-state index contributed by atoms with van der Waals surface area (Å²) in [5.74, 6) is -2.79. The number of nitro groups is 1. The smallest absolute Gasteiger partial charge is 0.303 e. The van der Waals surface area contributed by atoms with Crippen molar-refractivity contribution < 1.29 is 47.8 Å². The normalized spacial score (nSPS) is 24.3. The summed E-state index contributed by atoms with van der Waals surface area (Å²) in [7, 11) is 0. The molecule has 1 heterocycles. The highest BCUT2D eigenvalue weighted by atomic mass is 32.2. The van der Waals surface area contributed by atoms with Gasteiger partial charge in [0.05, 0.1) is 4.92 Å². The molecule has 0 aliphatic carbocycles. The summed E-state index contributed by atoms with van der Waals surface area (Å²) in [5, 5.41) is 10.9. The molecule has 5 atom stereocenters. The van der Waals surface area contributed by atoms with Crippen molar-refractivity contribution in [1.29, 1.82) is 0 Å². The average Bonchev–Trinajstić information content (AvgIpc) is 2.70. The number of ether oxygens (including phenoxy) is 5. The van der Waals surface area contributed by atoms with E-state index in [1.807, 2.05) is 0 Å². The van der Waals surface area contributed by atoms with Gasteiger partial charge >= 0.3 is 23.9 Å². The Morgan fingerprint density at radius 3 is 1.88 bits per heavy atom. The molecular formula is C20H23NO11S. The number of hydrogen-bond donors (Lipinski definition) is 0. The van der Waals surface area contributed by atoms with Gasteiger partial charge in [-0.3, -0.25) is 29.3 Å². The molecule has 13 heteroatoms. The summed E-state index contributed by atoms with van der Waals surface area (Å²) in [6, 6.07) is 5.51. The number of rotatable bonds is 8. The molecule has 0 bridgehead atoms. The fraction of sp³-hybridized carbons (Fsp3) is 0.500. The highest BCUT2D eigenvalue weighted by Crippen LogP contribution is 2.38. The highest BCUT2D eigenvalue weighted by molar-refractivity contribution is 7.99. The third-order valence-electron chi connectivity index (χ3n) is 4.25. The maximum Gasteiger partial charge on any atom is 0.303 e. The molecule has 0 N–H and O–H groups in total. The molecule has 0 unspecified atom stereocenters. The number of esters is 4. The van der Waals surface area contributed by atoms with Gasteiger partial charge in [0.25, 0.3) is 5.69 Å². The van der Waals surface area contributed by atoms with Gasteiger partial charge in [-0.25, -0.2) is 0 Å². The van der Waals surface area contributed by atoms with E-state index in [1.54, 1.807) is 0 Å². The van der Waals surface area contributed by atoms with Crippen molar-refractivity contribution in [1.82, 2.24) is 0 Å². The second kappa shape index (κ2) is 11.6. The van der Waals surface area contributed by atoms with Crippen LogP contribution in [-0.2, 0) is 42.9 Å². The molecule has 0 amide bonds. The Hall–Kier alpha value is -3.19. The van der Waals surface area contributed by atoms with Gasteiger partial charge in [0, 0.05) is 44.7 Å². The molecule has 1 fully saturated rings. The van der Waals surface area contributed by atoms with E-state index in [0.717, 1.165) is 32.5 Å². The first-order valence-corrected chi connectivity index (χ1v) is 10.6. The SMILES string of the molecule is CC(=O)OC[C@@H]1O[C@@H](Sc2ccc([N+](=O)[O-])cc2)[C@@H](OC(C)=O)[C@@H](OC(C)=O)[C@@H]1OC(C)=O. The first-order valence-electron chi connectivity index (χ1n) is 9.69. The molecule has 0 spiro atoms. The molecule has 1 saturated heterocycles. The van der Waals surface area contributed by atoms with Gasteiger partial charge < -0.3 is 23.7 Å². The van der Waals surface area contributed by atoms with E-state index in [0.29, 0.717) is 4.90 Å². The van der Waals surface area contributed by atoms with Crippen molar-refractivity contribution >= 4 is 41.3 Å². The summed E-state index contributed by atoms with van der Waals surface area (Å²) in [6.45, 7) is 4.24. The lowest BCUT2D eigenvalue weighted by atomic mass is 9.99. The zero-order chi connectivity index (χ0) is 24.7. The van der Waals surface area contributed by atoms with Gasteiger partial charge in [-0.2, -0.15) is 0 Å². The zero-order valence-electron chi connectivity index (χ0n) is 18.2. The predicted molar refractivity (Wildman–Crippen MR) is 111 cm³/mol.